The third-order valence-corrected chi connectivity index (χ3v) is 5.29. The molecule has 2 aromatic rings. The summed E-state index contributed by atoms with van der Waals surface area (Å²) in [6.45, 7) is 1.36. The molecule has 3 rings (SSSR count). The number of ether oxygens (including phenoxy) is 1. The highest BCUT2D eigenvalue weighted by molar-refractivity contribution is 5.94. The molecule has 1 aliphatic rings. The molecule has 0 atom stereocenters. The summed E-state index contributed by atoms with van der Waals surface area (Å²) in [4.78, 5) is 12.1. The number of aliphatic hydroxyl groups is 1. The number of amides is 1. The van der Waals surface area contributed by atoms with Crippen LogP contribution in [-0.4, -0.2) is 34.9 Å². The van der Waals surface area contributed by atoms with Gasteiger partial charge in [-0.25, -0.2) is 4.39 Å². The molecule has 1 fully saturated rings. The second-order valence-electron chi connectivity index (χ2n) is 7.52. The fourth-order valence-corrected chi connectivity index (χ4v) is 3.47. The molecule has 28 heavy (non-hydrogen) atoms. The lowest BCUT2D eigenvalue weighted by Crippen LogP contribution is -2.45. The number of nitrogens with one attached hydrogen (secondary N) is 1. The summed E-state index contributed by atoms with van der Waals surface area (Å²) in [6.07, 6.45) is 2.82. The molecule has 0 radical (unpaired) electrons. The van der Waals surface area contributed by atoms with Crippen LogP contribution in [0.5, 0.6) is 5.75 Å². The van der Waals surface area contributed by atoms with Crippen molar-refractivity contribution in [1.29, 1.82) is 0 Å². The van der Waals surface area contributed by atoms with Crippen molar-refractivity contribution in [2.45, 2.75) is 37.9 Å². The van der Waals surface area contributed by atoms with E-state index in [1.165, 1.54) is 6.07 Å². The SMILES string of the molecule is O=C(NC[C@]1(O)CC[C@H](COCc2ccccc2)CC1)c1ccc(O)c(F)c1. The number of phenols is 1. The number of carbonyl (C=O) groups is 1. The Labute approximate surface area is 164 Å². The maximum Gasteiger partial charge on any atom is 0.251 e. The van der Waals surface area contributed by atoms with E-state index in [0.29, 0.717) is 32.0 Å². The molecule has 3 N–H and O–H groups in total. The zero-order valence-electron chi connectivity index (χ0n) is 15.7. The van der Waals surface area contributed by atoms with Gasteiger partial charge in [0, 0.05) is 18.7 Å². The number of rotatable bonds is 7. The van der Waals surface area contributed by atoms with Crippen molar-refractivity contribution in [2.24, 2.45) is 5.92 Å². The van der Waals surface area contributed by atoms with Gasteiger partial charge in [0.05, 0.1) is 12.2 Å². The van der Waals surface area contributed by atoms with Crippen LogP contribution in [0.3, 0.4) is 0 Å². The van der Waals surface area contributed by atoms with Crippen molar-refractivity contribution in [2.75, 3.05) is 13.2 Å². The minimum atomic E-state index is -0.957. The molecule has 1 aliphatic carbocycles. The number of halogens is 1. The molecule has 0 spiro atoms. The standard InChI is InChI=1S/C22H26FNO4/c23-19-12-18(6-7-20(19)25)21(26)24-15-22(27)10-8-17(9-11-22)14-28-13-16-4-2-1-3-5-16/h1-7,12,17,25,27H,8-11,13-15H2,(H,24,26)/t17-,22-. The Morgan fingerprint density at radius 1 is 1.18 bits per heavy atom. The van der Waals surface area contributed by atoms with E-state index in [0.717, 1.165) is 30.5 Å². The molecule has 1 saturated carbocycles. The number of hydrogen-bond acceptors (Lipinski definition) is 4. The Bertz CT molecular complexity index is 788. The molecular formula is C22H26FNO4. The Balaban J connectivity index is 1.40. The lowest BCUT2D eigenvalue weighted by molar-refractivity contribution is -0.0238. The average molecular weight is 387 g/mol. The molecule has 150 valence electrons. The molecule has 0 heterocycles. The summed E-state index contributed by atoms with van der Waals surface area (Å²) in [7, 11) is 0. The molecule has 2 aromatic carbocycles. The summed E-state index contributed by atoms with van der Waals surface area (Å²) >= 11 is 0. The summed E-state index contributed by atoms with van der Waals surface area (Å²) in [5.41, 5.74) is 0.297. The van der Waals surface area contributed by atoms with E-state index in [-0.39, 0.29) is 12.1 Å². The number of carbonyl (C=O) groups excluding carboxylic acids is 1. The van der Waals surface area contributed by atoms with E-state index in [1.54, 1.807) is 0 Å². The topological polar surface area (TPSA) is 78.8 Å². The highest BCUT2D eigenvalue weighted by atomic mass is 19.1. The fourth-order valence-electron chi connectivity index (χ4n) is 3.47. The first-order valence-electron chi connectivity index (χ1n) is 9.56. The van der Waals surface area contributed by atoms with Gasteiger partial charge in [-0.1, -0.05) is 30.3 Å². The second kappa shape index (κ2) is 9.17. The van der Waals surface area contributed by atoms with Crippen LogP contribution >= 0.6 is 0 Å². The van der Waals surface area contributed by atoms with Crippen molar-refractivity contribution in [3.63, 3.8) is 0 Å². The van der Waals surface area contributed by atoms with Gasteiger partial charge >= 0.3 is 0 Å². The van der Waals surface area contributed by atoms with Crippen LogP contribution in [0.4, 0.5) is 4.39 Å². The molecule has 0 aromatic heterocycles. The molecule has 0 aliphatic heterocycles. The molecule has 6 heteroatoms. The van der Waals surface area contributed by atoms with Gasteiger partial charge in [-0.05, 0) is 55.4 Å². The summed E-state index contributed by atoms with van der Waals surface area (Å²) < 4.78 is 19.2. The Morgan fingerprint density at radius 3 is 2.57 bits per heavy atom. The highest BCUT2D eigenvalue weighted by Crippen LogP contribution is 2.32. The van der Waals surface area contributed by atoms with E-state index in [9.17, 15) is 19.4 Å². The van der Waals surface area contributed by atoms with Crippen LogP contribution in [0.25, 0.3) is 0 Å². The van der Waals surface area contributed by atoms with Crippen molar-refractivity contribution < 1.29 is 24.1 Å². The fraction of sp³-hybridized carbons (Fsp3) is 0.409. The normalized spacial score (nSPS) is 22.0. The Hall–Kier alpha value is -2.44. The lowest BCUT2D eigenvalue weighted by Gasteiger charge is -2.36. The number of phenolic OH excluding ortho intramolecular Hbond substituents is 1. The molecular weight excluding hydrogens is 361 g/mol. The van der Waals surface area contributed by atoms with E-state index in [1.807, 2.05) is 30.3 Å². The lowest BCUT2D eigenvalue weighted by atomic mass is 9.79. The number of benzene rings is 2. The molecule has 5 nitrogen and oxygen atoms in total. The van der Waals surface area contributed by atoms with Gasteiger partial charge in [0.25, 0.3) is 5.91 Å². The molecule has 0 bridgehead atoms. The monoisotopic (exact) mass is 387 g/mol. The number of aromatic hydroxyl groups is 1. The minimum absolute atomic E-state index is 0.113. The average Bonchev–Trinajstić information content (AvgIpc) is 2.71. The quantitative estimate of drug-likeness (QED) is 0.680. The largest absolute Gasteiger partial charge is 0.505 e. The zero-order valence-corrected chi connectivity index (χ0v) is 15.7. The van der Waals surface area contributed by atoms with Gasteiger partial charge in [0.2, 0.25) is 0 Å². The Morgan fingerprint density at radius 2 is 1.89 bits per heavy atom. The van der Waals surface area contributed by atoms with Crippen LogP contribution in [-0.2, 0) is 11.3 Å². The predicted molar refractivity (Wildman–Crippen MR) is 103 cm³/mol. The predicted octanol–water partition coefficient (Wildman–Crippen LogP) is 3.40. The van der Waals surface area contributed by atoms with Crippen molar-refractivity contribution in [3.05, 3.63) is 65.5 Å². The van der Waals surface area contributed by atoms with Crippen LogP contribution in [0.1, 0.15) is 41.6 Å². The zero-order chi connectivity index (χ0) is 20.0. The Kier molecular flexibility index (Phi) is 6.65. The molecule has 0 unspecified atom stereocenters. The van der Waals surface area contributed by atoms with E-state index in [2.05, 4.69) is 5.32 Å². The smallest absolute Gasteiger partial charge is 0.251 e. The van der Waals surface area contributed by atoms with Gasteiger partial charge in [-0.3, -0.25) is 4.79 Å². The summed E-state index contributed by atoms with van der Waals surface area (Å²) in [5.74, 6) is -1.42. The minimum Gasteiger partial charge on any atom is -0.505 e. The van der Waals surface area contributed by atoms with Gasteiger partial charge < -0.3 is 20.3 Å². The van der Waals surface area contributed by atoms with Crippen LogP contribution < -0.4 is 5.32 Å². The summed E-state index contributed by atoms with van der Waals surface area (Å²) in [5, 5.41) is 22.6. The van der Waals surface area contributed by atoms with Crippen LogP contribution in [0.15, 0.2) is 48.5 Å². The van der Waals surface area contributed by atoms with Crippen LogP contribution in [0, 0.1) is 11.7 Å². The first-order chi connectivity index (χ1) is 13.5. The second-order valence-corrected chi connectivity index (χ2v) is 7.52. The van der Waals surface area contributed by atoms with E-state index in [4.69, 9.17) is 4.74 Å². The van der Waals surface area contributed by atoms with Crippen molar-refractivity contribution >= 4 is 5.91 Å². The first-order valence-corrected chi connectivity index (χ1v) is 9.56. The van der Waals surface area contributed by atoms with Crippen molar-refractivity contribution in [3.8, 4) is 5.75 Å². The van der Waals surface area contributed by atoms with E-state index < -0.39 is 23.1 Å². The first kappa shape index (κ1) is 20.3. The number of hydrogen-bond donors (Lipinski definition) is 3. The molecule has 0 saturated heterocycles. The maximum atomic E-state index is 13.4. The third-order valence-electron chi connectivity index (χ3n) is 5.29. The van der Waals surface area contributed by atoms with Gasteiger partial charge in [0.15, 0.2) is 11.6 Å². The summed E-state index contributed by atoms with van der Waals surface area (Å²) in [6, 6.07) is 13.5. The highest BCUT2D eigenvalue weighted by Gasteiger charge is 2.33. The molecule has 1 amide bonds. The maximum absolute atomic E-state index is 13.4. The van der Waals surface area contributed by atoms with Gasteiger partial charge in [-0.2, -0.15) is 0 Å². The van der Waals surface area contributed by atoms with Crippen molar-refractivity contribution in [1.82, 2.24) is 5.32 Å². The van der Waals surface area contributed by atoms with E-state index >= 15 is 0 Å². The van der Waals surface area contributed by atoms with Crippen LogP contribution in [0.2, 0.25) is 0 Å². The third kappa shape index (κ3) is 5.53. The van der Waals surface area contributed by atoms with Gasteiger partial charge in [0.1, 0.15) is 0 Å². The van der Waals surface area contributed by atoms with Gasteiger partial charge in [-0.15, -0.1) is 0 Å².